The van der Waals surface area contributed by atoms with Gasteiger partial charge in [0.2, 0.25) is 11.7 Å². The Labute approximate surface area is 168 Å². The second-order valence-electron chi connectivity index (χ2n) is 8.26. The molecule has 2 aromatic heterocycles. The molecule has 0 unspecified atom stereocenters. The summed E-state index contributed by atoms with van der Waals surface area (Å²) in [4.78, 5) is 25.9. The lowest BCUT2D eigenvalue weighted by atomic mass is 10.0. The molecule has 7 nitrogen and oxygen atoms in total. The van der Waals surface area contributed by atoms with Gasteiger partial charge in [-0.1, -0.05) is 0 Å². The first-order valence-corrected chi connectivity index (χ1v) is 9.67. The first-order valence-electron chi connectivity index (χ1n) is 9.67. The van der Waals surface area contributed by atoms with Gasteiger partial charge in [-0.3, -0.25) is 4.79 Å². The number of halogens is 2. The van der Waals surface area contributed by atoms with E-state index < -0.39 is 11.7 Å². The van der Waals surface area contributed by atoms with E-state index >= 15 is 0 Å². The van der Waals surface area contributed by atoms with Crippen LogP contribution in [0.2, 0.25) is 0 Å². The first kappa shape index (κ1) is 19.5. The fourth-order valence-corrected chi connectivity index (χ4v) is 3.72. The van der Waals surface area contributed by atoms with E-state index in [2.05, 4.69) is 25.6 Å². The molecule has 0 bridgehead atoms. The maximum Gasteiger partial charge on any atom is 0.303 e. The van der Waals surface area contributed by atoms with E-state index in [1.165, 1.54) is 6.92 Å². The van der Waals surface area contributed by atoms with Crippen molar-refractivity contribution in [1.29, 1.82) is 0 Å². The maximum atomic E-state index is 14.1. The summed E-state index contributed by atoms with van der Waals surface area (Å²) in [5, 5.41) is 5.78. The molecule has 1 amide bonds. The summed E-state index contributed by atoms with van der Waals surface area (Å²) in [6.07, 6.45) is 3.80. The molecule has 2 aliphatic rings. The van der Waals surface area contributed by atoms with Gasteiger partial charge in [-0.25, -0.2) is 15.0 Å². The van der Waals surface area contributed by atoms with Crippen molar-refractivity contribution in [2.24, 2.45) is 0 Å². The van der Waals surface area contributed by atoms with Crippen molar-refractivity contribution < 1.29 is 13.6 Å². The standard InChI is InChI=1S/C20H24F2N6O/c1-11(2)24-16-8-17(27-18(26-16)19(4,21)22)28-10-20(5-6-20)13-9-23-15(7-14(13)28)25-12(3)29/h7-9,11H,5-6,10H2,1-4H3,(H,23,25,29)(H,24,26,27). The maximum absolute atomic E-state index is 14.1. The van der Waals surface area contributed by atoms with Gasteiger partial charge in [0.15, 0.2) is 0 Å². The van der Waals surface area contributed by atoms with Gasteiger partial charge in [-0.05, 0) is 26.7 Å². The Morgan fingerprint density at radius 3 is 2.55 bits per heavy atom. The van der Waals surface area contributed by atoms with Crippen LogP contribution >= 0.6 is 0 Å². The Balaban J connectivity index is 1.80. The van der Waals surface area contributed by atoms with Crippen molar-refractivity contribution in [2.45, 2.75) is 57.9 Å². The molecule has 0 saturated heterocycles. The molecule has 4 rings (SSSR count). The SMILES string of the molecule is CC(=O)Nc1cc2c(cn1)C1(CC1)CN2c1cc(NC(C)C)nc(C(C)(F)F)n1. The number of aromatic nitrogens is 3. The zero-order chi connectivity index (χ0) is 21.0. The van der Waals surface area contributed by atoms with Crippen LogP contribution in [0.25, 0.3) is 0 Å². The number of amides is 1. The lowest BCUT2D eigenvalue weighted by Gasteiger charge is -2.22. The minimum Gasteiger partial charge on any atom is -0.368 e. The molecule has 29 heavy (non-hydrogen) atoms. The van der Waals surface area contributed by atoms with Crippen LogP contribution in [0.15, 0.2) is 18.3 Å². The van der Waals surface area contributed by atoms with Gasteiger partial charge in [0, 0.05) is 55.7 Å². The van der Waals surface area contributed by atoms with E-state index in [9.17, 15) is 13.6 Å². The van der Waals surface area contributed by atoms with Crippen molar-refractivity contribution in [1.82, 2.24) is 15.0 Å². The number of alkyl halides is 2. The monoisotopic (exact) mass is 402 g/mol. The largest absolute Gasteiger partial charge is 0.368 e. The van der Waals surface area contributed by atoms with Crippen molar-refractivity contribution >= 4 is 29.0 Å². The van der Waals surface area contributed by atoms with Gasteiger partial charge >= 0.3 is 5.92 Å². The summed E-state index contributed by atoms with van der Waals surface area (Å²) in [7, 11) is 0. The lowest BCUT2D eigenvalue weighted by molar-refractivity contribution is -0.114. The number of rotatable bonds is 5. The topological polar surface area (TPSA) is 83.0 Å². The van der Waals surface area contributed by atoms with Crippen molar-refractivity contribution in [3.05, 3.63) is 29.7 Å². The molecule has 3 heterocycles. The van der Waals surface area contributed by atoms with Crippen LogP contribution in [0.4, 0.5) is 31.9 Å². The molecule has 1 saturated carbocycles. The average Bonchev–Trinajstić information content (AvgIpc) is 3.30. The van der Waals surface area contributed by atoms with Gasteiger partial charge in [0.25, 0.3) is 0 Å². The van der Waals surface area contributed by atoms with Gasteiger partial charge in [-0.15, -0.1) is 0 Å². The van der Waals surface area contributed by atoms with Crippen LogP contribution in [0, 0.1) is 0 Å². The molecule has 154 valence electrons. The van der Waals surface area contributed by atoms with Gasteiger partial charge in [0.05, 0.1) is 5.69 Å². The number of carbonyl (C=O) groups is 1. The third-order valence-electron chi connectivity index (χ3n) is 5.18. The second-order valence-corrected chi connectivity index (χ2v) is 8.26. The number of hydrogen-bond donors (Lipinski definition) is 2. The summed E-state index contributed by atoms with van der Waals surface area (Å²) in [6, 6.07) is 3.51. The molecule has 2 aromatic rings. The molecule has 1 aliphatic carbocycles. The van der Waals surface area contributed by atoms with E-state index in [0.29, 0.717) is 24.0 Å². The van der Waals surface area contributed by atoms with E-state index in [1.54, 1.807) is 18.3 Å². The summed E-state index contributed by atoms with van der Waals surface area (Å²) in [6.45, 7) is 6.69. The number of anilines is 4. The minimum atomic E-state index is -3.16. The highest BCUT2D eigenvalue weighted by Crippen LogP contribution is 2.58. The molecule has 1 fully saturated rings. The molecule has 9 heteroatoms. The Morgan fingerprint density at radius 1 is 1.24 bits per heavy atom. The third-order valence-corrected chi connectivity index (χ3v) is 5.18. The Hall–Kier alpha value is -2.84. The number of pyridine rings is 1. The number of fused-ring (bicyclic) bond motifs is 2. The molecule has 0 aromatic carbocycles. The third kappa shape index (κ3) is 3.73. The first-order chi connectivity index (χ1) is 13.6. The Morgan fingerprint density at radius 2 is 1.97 bits per heavy atom. The van der Waals surface area contributed by atoms with Crippen molar-refractivity contribution in [3.8, 4) is 0 Å². The molecule has 2 N–H and O–H groups in total. The van der Waals surface area contributed by atoms with Gasteiger partial charge < -0.3 is 15.5 Å². The zero-order valence-corrected chi connectivity index (χ0v) is 16.9. The summed E-state index contributed by atoms with van der Waals surface area (Å²) in [5.74, 6) is -2.72. The van der Waals surface area contributed by atoms with E-state index in [0.717, 1.165) is 31.0 Å². The van der Waals surface area contributed by atoms with Crippen molar-refractivity contribution in [3.63, 3.8) is 0 Å². The summed E-state index contributed by atoms with van der Waals surface area (Å²) in [5.41, 5.74) is 1.87. The molecular weight excluding hydrogens is 378 g/mol. The number of nitrogens with one attached hydrogen (secondary N) is 2. The fourth-order valence-electron chi connectivity index (χ4n) is 3.72. The molecular formula is C20H24F2N6O. The van der Waals surface area contributed by atoms with Crippen molar-refractivity contribution in [2.75, 3.05) is 22.1 Å². The molecule has 0 radical (unpaired) electrons. The average molecular weight is 402 g/mol. The predicted octanol–water partition coefficient (Wildman–Crippen LogP) is 3.95. The molecule has 1 spiro atoms. The number of nitrogens with zero attached hydrogens (tertiary/aromatic N) is 4. The van der Waals surface area contributed by atoms with E-state index in [-0.39, 0.29) is 17.4 Å². The van der Waals surface area contributed by atoms with Crippen LogP contribution in [0.5, 0.6) is 0 Å². The Bertz CT molecular complexity index is 968. The summed E-state index contributed by atoms with van der Waals surface area (Å²) < 4.78 is 28.2. The van der Waals surface area contributed by atoms with Gasteiger partial charge in [-0.2, -0.15) is 8.78 Å². The molecule has 0 atom stereocenters. The quantitative estimate of drug-likeness (QED) is 0.788. The Kier molecular flexibility index (Phi) is 4.43. The highest BCUT2D eigenvalue weighted by molar-refractivity contribution is 5.89. The smallest absolute Gasteiger partial charge is 0.303 e. The fraction of sp³-hybridized carbons (Fsp3) is 0.500. The second kappa shape index (κ2) is 6.60. The zero-order valence-electron chi connectivity index (χ0n) is 16.9. The van der Waals surface area contributed by atoms with Gasteiger partial charge in [0.1, 0.15) is 17.5 Å². The highest BCUT2D eigenvalue weighted by atomic mass is 19.3. The molecule has 1 aliphatic heterocycles. The highest BCUT2D eigenvalue weighted by Gasteiger charge is 2.52. The number of carbonyl (C=O) groups excluding carboxylic acids is 1. The summed E-state index contributed by atoms with van der Waals surface area (Å²) >= 11 is 0. The van der Waals surface area contributed by atoms with Crippen LogP contribution in [-0.4, -0.2) is 33.4 Å². The normalized spacial score (nSPS) is 16.9. The van der Waals surface area contributed by atoms with Crippen LogP contribution < -0.4 is 15.5 Å². The van der Waals surface area contributed by atoms with E-state index in [1.807, 2.05) is 18.7 Å². The van der Waals surface area contributed by atoms with Crippen LogP contribution in [0.1, 0.15) is 51.9 Å². The van der Waals surface area contributed by atoms with Crippen LogP contribution in [-0.2, 0) is 16.1 Å². The predicted molar refractivity (Wildman–Crippen MR) is 107 cm³/mol. The van der Waals surface area contributed by atoms with E-state index in [4.69, 9.17) is 0 Å². The minimum absolute atomic E-state index is 0.0252. The lowest BCUT2D eigenvalue weighted by Crippen LogP contribution is -2.24. The van der Waals surface area contributed by atoms with Crippen LogP contribution in [0.3, 0.4) is 0 Å². The number of hydrogen-bond acceptors (Lipinski definition) is 6.